The summed E-state index contributed by atoms with van der Waals surface area (Å²) in [5, 5.41) is 1.33. The van der Waals surface area contributed by atoms with Crippen LogP contribution >= 0.6 is 0 Å². The Morgan fingerprint density at radius 2 is 2.21 bits per heavy atom. The van der Waals surface area contributed by atoms with E-state index < -0.39 is 15.9 Å². The molecular formula is C19H25FN2OSi. The Labute approximate surface area is 145 Å². The molecule has 3 unspecified atom stereocenters. The minimum Gasteiger partial charge on any atom is -0.339 e. The Balaban J connectivity index is 2.02. The molecule has 1 aliphatic carbocycles. The van der Waals surface area contributed by atoms with Gasteiger partial charge in [-0.2, -0.15) is 0 Å². The smallest absolute Gasteiger partial charge is 0.234 e. The number of allylic oxidation sites excluding steroid dienone is 2. The van der Waals surface area contributed by atoms with Crippen LogP contribution in [0.15, 0.2) is 42.1 Å². The minimum atomic E-state index is -0.967. The van der Waals surface area contributed by atoms with E-state index in [0.717, 1.165) is 23.3 Å². The number of carbonyl (C=O) groups is 1. The molecule has 1 aromatic rings. The summed E-state index contributed by atoms with van der Waals surface area (Å²) in [7, 11) is 1.30. The number of halogens is 1. The van der Waals surface area contributed by atoms with Gasteiger partial charge >= 0.3 is 0 Å². The number of rotatable bonds is 4. The number of carbonyl (C=O) groups excluding carboxylic acids is 1. The van der Waals surface area contributed by atoms with Crippen LogP contribution in [0.1, 0.15) is 25.8 Å². The number of amides is 1. The summed E-state index contributed by atoms with van der Waals surface area (Å²) in [6.07, 6.45) is 2.98. The van der Waals surface area contributed by atoms with Gasteiger partial charge < -0.3 is 9.88 Å². The summed E-state index contributed by atoms with van der Waals surface area (Å²) in [5.41, 5.74) is 2.94. The molecule has 0 bridgehead atoms. The number of nitrogens with one attached hydrogen (secondary N) is 1. The maximum absolute atomic E-state index is 14.1. The number of alkyl halides is 1. The van der Waals surface area contributed by atoms with Gasteiger partial charge in [0.15, 0.2) is 0 Å². The molecule has 24 heavy (non-hydrogen) atoms. The average Bonchev–Trinajstić information content (AvgIpc) is 2.56. The topological polar surface area (TPSA) is 32.3 Å². The van der Waals surface area contributed by atoms with Crippen molar-refractivity contribution in [3.63, 3.8) is 0 Å². The summed E-state index contributed by atoms with van der Waals surface area (Å²) in [6.45, 7) is 5.07. The number of hydrogen-bond donors (Lipinski definition) is 1. The summed E-state index contributed by atoms with van der Waals surface area (Å²) >= 11 is 0. The lowest BCUT2D eigenvalue weighted by Crippen LogP contribution is -2.41. The third-order valence-electron chi connectivity index (χ3n) is 4.93. The van der Waals surface area contributed by atoms with Gasteiger partial charge in [0.1, 0.15) is 15.9 Å². The van der Waals surface area contributed by atoms with E-state index in [2.05, 4.69) is 36.2 Å². The maximum atomic E-state index is 14.1. The fourth-order valence-electron chi connectivity index (χ4n) is 3.71. The highest BCUT2D eigenvalue weighted by Gasteiger charge is 2.40. The van der Waals surface area contributed by atoms with Crippen molar-refractivity contribution < 1.29 is 9.18 Å². The lowest BCUT2D eigenvalue weighted by molar-refractivity contribution is -0.132. The molecule has 1 amide bonds. The van der Waals surface area contributed by atoms with Gasteiger partial charge in [0, 0.05) is 18.8 Å². The van der Waals surface area contributed by atoms with E-state index in [1.165, 1.54) is 5.19 Å². The van der Waals surface area contributed by atoms with E-state index in [4.69, 9.17) is 0 Å². The largest absolute Gasteiger partial charge is 0.339 e. The van der Waals surface area contributed by atoms with Crippen molar-refractivity contribution in [1.29, 1.82) is 0 Å². The second kappa shape index (κ2) is 7.03. The molecule has 2 aliphatic rings. The number of hydrogen-bond acceptors (Lipinski definition) is 2. The number of nitrogens with zero attached hydrogens (tertiary/aromatic N) is 1. The summed E-state index contributed by atoms with van der Waals surface area (Å²) in [4.78, 5) is 17.7. The lowest BCUT2D eigenvalue weighted by Gasteiger charge is -2.38. The zero-order chi connectivity index (χ0) is 17.3. The molecule has 3 rings (SSSR count). The molecule has 3 nitrogen and oxygen atoms in total. The average molecular weight is 345 g/mol. The number of benzene rings is 1. The lowest BCUT2D eigenvalue weighted by atomic mass is 9.72. The normalized spacial score (nSPS) is 27.2. The minimum absolute atomic E-state index is 0.0259. The molecule has 0 saturated carbocycles. The summed E-state index contributed by atoms with van der Waals surface area (Å²) < 4.78 is 14.1. The Morgan fingerprint density at radius 1 is 1.42 bits per heavy atom. The van der Waals surface area contributed by atoms with Crippen LogP contribution in [0, 0.1) is 11.8 Å². The van der Waals surface area contributed by atoms with Gasteiger partial charge in [-0.25, -0.2) is 4.39 Å². The zero-order valence-electron chi connectivity index (χ0n) is 14.6. The second-order valence-corrected chi connectivity index (χ2v) is 8.47. The molecule has 128 valence electrons. The molecule has 0 fully saturated rings. The van der Waals surface area contributed by atoms with E-state index in [0.29, 0.717) is 6.42 Å². The summed E-state index contributed by atoms with van der Waals surface area (Å²) in [5.74, 6) is -0.128. The van der Waals surface area contributed by atoms with Crippen LogP contribution in [0.2, 0.25) is 0 Å². The predicted octanol–water partition coefficient (Wildman–Crippen LogP) is 1.74. The Hall–Kier alpha value is -1.72. The highest BCUT2D eigenvalue weighted by molar-refractivity contribution is 6.50. The van der Waals surface area contributed by atoms with Crippen molar-refractivity contribution in [2.75, 3.05) is 13.6 Å². The molecule has 3 atom stereocenters. The standard InChI is InChI=1S/C19H25FN2OSi/c1-4-21-24-15-7-5-6-13(9-15)17-11-22(3)19(23)18-12(2)8-14(20)10-16(17)18/h5-7,9-12,14,18,21H,4,8,24H2,1-3H3. The van der Waals surface area contributed by atoms with E-state index in [-0.39, 0.29) is 17.7 Å². The quantitative estimate of drug-likeness (QED) is 0.844. The third kappa shape index (κ3) is 3.23. The van der Waals surface area contributed by atoms with Gasteiger partial charge in [0.2, 0.25) is 5.91 Å². The van der Waals surface area contributed by atoms with Gasteiger partial charge in [-0.3, -0.25) is 4.79 Å². The van der Waals surface area contributed by atoms with Crippen LogP contribution in [0.4, 0.5) is 4.39 Å². The van der Waals surface area contributed by atoms with Crippen molar-refractivity contribution in [3.8, 4) is 0 Å². The first-order chi connectivity index (χ1) is 11.5. The molecule has 1 aliphatic heterocycles. The first-order valence-corrected chi connectivity index (χ1v) is 10.1. The molecule has 0 radical (unpaired) electrons. The van der Waals surface area contributed by atoms with Crippen LogP contribution in [0.3, 0.4) is 0 Å². The molecule has 0 aromatic heterocycles. The van der Waals surface area contributed by atoms with Crippen LogP contribution in [-0.4, -0.2) is 40.3 Å². The van der Waals surface area contributed by atoms with E-state index in [1.54, 1.807) is 18.0 Å². The van der Waals surface area contributed by atoms with Crippen molar-refractivity contribution in [2.24, 2.45) is 11.8 Å². The van der Waals surface area contributed by atoms with Crippen LogP contribution in [0.5, 0.6) is 0 Å². The molecule has 0 spiro atoms. The first-order valence-electron chi connectivity index (χ1n) is 8.66. The van der Waals surface area contributed by atoms with Crippen LogP contribution < -0.4 is 10.2 Å². The number of fused-ring (bicyclic) bond motifs is 1. The molecule has 5 heteroatoms. The van der Waals surface area contributed by atoms with Crippen molar-refractivity contribution in [2.45, 2.75) is 26.4 Å². The van der Waals surface area contributed by atoms with Gasteiger partial charge in [-0.05, 0) is 41.3 Å². The van der Waals surface area contributed by atoms with Crippen molar-refractivity contribution >= 4 is 26.3 Å². The van der Waals surface area contributed by atoms with Crippen molar-refractivity contribution in [1.82, 2.24) is 9.88 Å². The molecule has 1 N–H and O–H groups in total. The Kier molecular flexibility index (Phi) is 5.01. The molecule has 0 saturated heterocycles. The monoisotopic (exact) mass is 344 g/mol. The Bertz CT molecular complexity index is 700. The fourth-order valence-corrected chi connectivity index (χ4v) is 4.82. The van der Waals surface area contributed by atoms with Crippen LogP contribution in [0.25, 0.3) is 5.57 Å². The highest BCUT2D eigenvalue weighted by atomic mass is 28.2. The first kappa shape index (κ1) is 17.1. The fraction of sp³-hybridized carbons (Fsp3) is 0.421. The molecular weight excluding hydrogens is 319 g/mol. The van der Waals surface area contributed by atoms with E-state index in [1.807, 2.05) is 13.1 Å². The van der Waals surface area contributed by atoms with Gasteiger partial charge in [0.25, 0.3) is 0 Å². The van der Waals surface area contributed by atoms with Crippen LogP contribution in [-0.2, 0) is 4.79 Å². The maximum Gasteiger partial charge on any atom is 0.234 e. The third-order valence-corrected chi connectivity index (χ3v) is 6.52. The zero-order valence-corrected chi connectivity index (χ0v) is 16.0. The molecule has 1 aromatic carbocycles. The van der Waals surface area contributed by atoms with E-state index >= 15 is 0 Å². The second-order valence-electron chi connectivity index (χ2n) is 6.80. The predicted molar refractivity (Wildman–Crippen MR) is 99.3 cm³/mol. The Morgan fingerprint density at radius 3 is 2.96 bits per heavy atom. The van der Waals surface area contributed by atoms with Gasteiger partial charge in [0.05, 0.1) is 5.92 Å². The van der Waals surface area contributed by atoms with Gasteiger partial charge in [-0.1, -0.05) is 38.1 Å². The summed E-state index contributed by atoms with van der Waals surface area (Å²) in [6, 6.07) is 8.45. The van der Waals surface area contributed by atoms with Gasteiger partial charge in [-0.15, -0.1) is 0 Å². The SMILES string of the molecule is CCN[SiH2]c1cccc(C2=CN(C)C(=O)C3C2=CC(F)CC3C)c1. The molecule has 1 heterocycles. The van der Waals surface area contributed by atoms with E-state index in [9.17, 15) is 9.18 Å². The van der Waals surface area contributed by atoms with Crippen molar-refractivity contribution in [3.05, 3.63) is 47.7 Å². The highest BCUT2D eigenvalue weighted by Crippen LogP contribution is 2.42.